The van der Waals surface area contributed by atoms with Crippen LogP contribution < -0.4 is 0 Å². The van der Waals surface area contributed by atoms with Crippen LogP contribution in [-0.2, 0) is 0 Å². The minimum atomic E-state index is 0.0627. The Kier molecular flexibility index (Phi) is 4.36. The van der Waals surface area contributed by atoms with Crippen LogP contribution in [0.5, 0.6) is 0 Å². The highest BCUT2D eigenvalue weighted by Crippen LogP contribution is 2.35. The van der Waals surface area contributed by atoms with E-state index in [-0.39, 0.29) is 5.91 Å². The van der Waals surface area contributed by atoms with E-state index in [1.165, 1.54) is 32.2 Å². The summed E-state index contributed by atoms with van der Waals surface area (Å²) < 4.78 is 0. The van der Waals surface area contributed by atoms with Crippen LogP contribution >= 0.6 is 0 Å². The van der Waals surface area contributed by atoms with Crippen LogP contribution in [0.25, 0.3) is 11.5 Å². The number of amides is 1. The summed E-state index contributed by atoms with van der Waals surface area (Å²) >= 11 is 0. The Balaban J connectivity index is 1.30. The van der Waals surface area contributed by atoms with Crippen molar-refractivity contribution in [2.45, 2.75) is 31.7 Å². The molecule has 2 atom stereocenters. The van der Waals surface area contributed by atoms with E-state index < -0.39 is 0 Å². The summed E-state index contributed by atoms with van der Waals surface area (Å²) in [5, 5.41) is 0. The summed E-state index contributed by atoms with van der Waals surface area (Å²) in [5.74, 6) is 2.12. The topological polar surface area (TPSA) is 62.2 Å². The van der Waals surface area contributed by atoms with Crippen LogP contribution in [-0.4, -0.2) is 62.9 Å². The fourth-order valence-electron chi connectivity index (χ4n) is 4.45. The van der Waals surface area contributed by atoms with E-state index in [9.17, 15) is 4.79 Å². The molecule has 140 valence electrons. The van der Waals surface area contributed by atoms with E-state index in [1.54, 1.807) is 18.6 Å². The number of fused-ring (bicyclic) bond motifs is 4. The van der Waals surface area contributed by atoms with Gasteiger partial charge in [0.15, 0.2) is 5.82 Å². The van der Waals surface area contributed by atoms with E-state index in [0.717, 1.165) is 31.2 Å². The number of carbonyl (C=O) groups excluding carboxylic acids is 1. The molecular formula is C21H25N5O. The molecule has 27 heavy (non-hydrogen) atoms. The van der Waals surface area contributed by atoms with Gasteiger partial charge in [0.1, 0.15) is 5.69 Å². The molecule has 4 aliphatic rings. The lowest BCUT2D eigenvalue weighted by Crippen LogP contribution is -2.45. The molecule has 3 saturated heterocycles. The number of nitrogens with zero attached hydrogens (tertiary/aromatic N) is 5. The smallest absolute Gasteiger partial charge is 0.257 e. The van der Waals surface area contributed by atoms with Gasteiger partial charge < -0.3 is 4.90 Å². The fourth-order valence-corrected chi connectivity index (χ4v) is 4.45. The molecule has 4 fully saturated rings. The number of aromatic nitrogens is 3. The predicted molar refractivity (Wildman–Crippen MR) is 102 cm³/mol. The molecule has 6 nitrogen and oxygen atoms in total. The second kappa shape index (κ2) is 7.00. The summed E-state index contributed by atoms with van der Waals surface area (Å²) in [5.41, 5.74) is 1.30. The van der Waals surface area contributed by atoms with Crippen molar-refractivity contribution in [3.05, 3.63) is 42.4 Å². The Morgan fingerprint density at radius 3 is 2.59 bits per heavy atom. The first-order valence-corrected chi connectivity index (χ1v) is 10.0. The van der Waals surface area contributed by atoms with Gasteiger partial charge in [-0.3, -0.25) is 14.7 Å². The van der Waals surface area contributed by atoms with Crippen molar-refractivity contribution < 1.29 is 4.79 Å². The average Bonchev–Trinajstić information content (AvgIpc) is 3.56. The lowest BCUT2D eigenvalue weighted by atomic mass is 9.95. The summed E-state index contributed by atoms with van der Waals surface area (Å²) in [4.78, 5) is 30.8. The third kappa shape index (κ3) is 3.58. The third-order valence-electron chi connectivity index (χ3n) is 6.10. The maximum atomic E-state index is 13.1. The highest BCUT2D eigenvalue weighted by atomic mass is 16.2. The molecule has 0 N–H and O–H groups in total. The van der Waals surface area contributed by atoms with Crippen LogP contribution in [0.2, 0.25) is 0 Å². The largest absolute Gasteiger partial charge is 0.337 e. The number of carbonyl (C=O) groups is 1. The van der Waals surface area contributed by atoms with E-state index in [4.69, 9.17) is 0 Å². The molecule has 3 aliphatic heterocycles. The molecule has 0 unspecified atom stereocenters. The van der Waals surface area contributed by atoms with Crippen LogP contribution in [0.4, 0.5) is 0 Å². The molecule has 2 aromatic heterocycles. The molecule has 6 rings (SSSR count). The molecule has 2 bridgehead atoms. The molecule has 1 amide bonds. The van der Waals surface area contributed by atoms with Gasteiger partial charge in [-0.1, -0.05) is 6.07 Å². The maximum Gasteiger partial charge on any atom is 0.257 e. The number of pyridine rings is 1. The van der Waals surface area contributed by atoms with Crippen molar-refractivity contribution in [3.63, 3.8) is 0 Å². The van der Waals surface area contributed by atoms with Gasteiger partial charge in [0.25, 0.3) is 5.91 Å². The Bertz CT molecular complexity index is 805. The first-order chi connectivity index (χ1) is 13.3. The van der Waals surface area contributed by atoms with Gasteiger partial charge in [-0.2, -0.15) is 0 Å². The zero-order valence-corrected chi connectivity index (χ0v) is 15.5. The van der Waals surface area contributed by atoms with Crippen molar-refractivity contribution in [1.82, 2.24) is 24.8 Å². The zero-order chi connectivity index (χ0) is 18.2. The minimum absolute atomic E-state index is 0.0627. The number of hydrogen-bond acceptors (Lipinski definition) is 5. The van der Waals surface area contributed by atoms with Gasteiger partial charge in [-0.05, 0) is 49.7 Å². The average molecular weight is 363 g/mol. The van der Waals surface area contributed by atoms with Gasteiger partial charge in [0.05, 0.1) is 5.56 Å². The Morgan fingerprint density at radius 2 is 1.85 bits per heavy atom. The minimum Gasteiger partial charge on any atom is -0.337 e. The molecule has 0 aromatic carbocycles. The monoisotopic (exact) mass is 363 g/mol. The van der Waals surface area contributed by atoms with Gasteiger partial charge in [0, 0.05) is 50.8 Å². The van der Waals surface area contributed by atoms with Gasteiger partial charge >= 0.3 is 0 Å². The van der Waals surface area contributed by atoms with E-state index >= 15 is 0 Å². The highest BCUT2D eigenvalue weighted by molar-refractivity contribution is 5.93. The zero-order valence-electron chi connectivity index (χ0n) is 15.5. The second-order valence-electron chi connectivity index (χ2n) is 8.21. The summed E-state index contributed by atoms with van der Waals surface area (Å²) in [7, 11) is 0. The summed E-state index contributed by atoms with van der Waals surface area (Å²) in [6.45, 7) is 4.08. The highest BCUT2D eigenvalue weighted by Gasteiger charge is 2.38. The second-order valence-corrected chi connectivity index (χ2v) is 8.21. The van der Waals surface area contributed by atoms with Gasteiger partial charge in [-0.15, -0.1) is 0 Å². The van der Waals surface area contributed by atoms with E-state index in [1.807, 2.05) is 23.1 Å². The lowest BCUT2D eigenvalue weighted by Gasteiger charge is -2.36. The van der Waals surface area contributed by atoms with Crippen molar-refractivity contribution in [1.29, 1.82) is 0 Å². The molecule has 6 heteroatoms. The number of hydrogen-bond donors (Lipinski definition) is 0. The van der Waals surface area contributed by atoms with E-state index in [2.05, 4.69) is 19.9 Å². The van der Waals surface area contributed by atoms with Crippen molar-refractivity contribution in [2.24, 2.45) is 11.8 Å². The maximum absolute atomic E-state index is 13.1. The van der Waals surface area contributed by atoms with Crippen LogP contribution in [0, 0.1) is 11.8 Å². The molecule has 0 radical (unpaired) electrons. The molecule has 1 saturated carbocycles. The van der Waals surface area contributed by atoms with Crippen LogP contribution in [0.15, 0.2) is 36.8 Å². The Morgan fingerprint density at radius 1 is 1.00 bits per heavy atom. The van der Waals surface area contributed by atoms with Crippen molar-refractivity contribution in [2.75, 3.05) is 26.2 Å². The normalized spacial score (nSPS) is 25.4. The number of piperidine rings is 1. The first kappa shape index (κ1) is 16.8. The van der Waals surface area contributed by atoms with Crippen LogP contribution in [0.1, 0.15) is 36.0 Å². The molecule has 2 aromatic rings. The Labute approximate surface area is 159 Å². The first-order valence-electron chi connectivity index (χ1n) is 10.0. The molecule has 1 aliphatic carbocycles. The number of rotatable bonds is 4. The molecule has 5 heterocycles. The third-order valence-corrected chi connectivity index (χ3v) is 6.10. The predicted octanol–water partition coefficient (Wildman–Crippen LogP) is 2.49. The van der Waals surface area contributed by atoms with Crippen molar-refractivity contribution >= 4 is 5.91 Å². The Hall–Kier alpha value is -2.34. The standard InChI is InChI=1S/C21H25N5O/c27-21(17-9-23-20(24-10-17)19-3-1-2-8-22-19)26-13-16-6-7-18(14-26)25(12-16)11-15-4-5-15/h1-3,8-10,15-16,18H,4-7,11-14H2/t16-,18-/m0/s1. The van der Waals surface area contributed by atoms with Crippen LogP contribution in [0.3, 0.4) is 0 Å². The summed E-state index contributed by atoms with van der Waals surface area (Å²) in [6, 6.07) is 6.16. The SMILES string of the molecule is O=C(c1cnc(-c2ccccn2)nc1)N1C[C@H]2CC[C@@H](C1)N(CC1CC1)C2. The summed E-state index contributed by atoms with van der Waals surface area (Å²) in [6.07, 6.45) is 10.2. The lowest BCUT2D eigenvalue weighted by molar-refractivity contribution is 0.0736. The van der Waals surface area contributed by atoms with Crippen molar-refractivity contribution in [3.8, 4) is 11.5 Å². The van der Waals surface area contributed by atoms with Gasteiger partial charge in [0.2, 0.25) is 0 Å². The fraction of sp³-hybridized carbons (Fsp3) is 0.524. The van der Waals surface area contributed by atoms with Gasteiger partial charge in [-0.25, -0.2) is 9.97 Å². The molecule has 0 spiro atoms. The quantitative estimate of drug-likeness (QED) is 0.835. The van der Waals surface area contributed by atoms with E-state index in [0.29, 0.717) is 23.3 Å². The molecular weight excluding hydrogens is 338 g/mol.